The predicted octanol–water partition coefficient (Wildman–Crippen LogP) is 4.25. The minimum atomic E-state index is -3.53. The van der Waals surface area contributed by atoms with E-state index >= 15 is 0 Å². The van der Waals surface area contributed by atoms with Crippen LogP contribution < -0.4 is 5.32 Å². The van der Waals surface area contributed by atoms with Crippen LogP contribution in [-0.2, 0) is 37.1 Å². The Labute approximate surface area is 211 Å². The highest BCUT2D eigenvalue weighted by molar-refractivity contribution is 7.90. The average Bonchev–Trinajstić information content (AvgIpc) is 3.63. The molecule has 9 nitrogen and oxygen atoms in total. The molecule has 2 aromatic heterocycles. The molecule has 192 valence electrons. The first-order valence-corrected chi connectivity index (χ1v) is 14.3. The number of carbonyl (C=O) groups excluding carboxylic acids is 1. The lowest BCUT2D eigenvalue weighted by Gasteiger charge is -2.25. The average molecular weight is 513 g/mol. The molecule has 0 bridgehead atoms. The molecule has 1 saturated carbocycles. The van der Waals surface area contributed by atoms with Crippen molar-refractivity contribution in [2.24, 2.45) is 5.92 Å². The number of rotatable bonds is 9. The first-order chi connectivity index (χ1) is 17.2. The van der Waals surface area contributed by atoms with E-state index in [1.54, 1.807) is 19.2 Å². The van der Waals surface area contributed by atoms with E-state index in [-0.39, 0.29) is 29.2 Å². The zero-order valence-corrected chi connectivity index (χ0v) is 21.7. The van der Waals surface area contributed by atoms with Gasteiger partial charge in [0.1, 0.15) is 23.4 Å². The first-order valence-electron chi connectivity index (χ1n) is 12.4. The Bertz CT molecular complexity index is 1410. The summed E-state index contributed by atoms with van der Waals surface area (Å²) in [5, 5.41) is 3.31. The normalized spacial score (nSPS) is 18.5. The second-order valence-electron chi connectivity index (χ2n) is 9.76. The summed E-state index contributed by atoms with van der Waals surface area (Å²) >= 11 is 0. The number of ether oxygens (including phenoxy) is 2. The lowest BCUT2D eigenvalue weighted by molar-refractivity contribution is -0.119. The van der Waals surface area contributed by atoms with Gasteiger partial charge in [0.2, 0.25) is 0 Å². The Kier molecular flexibility index (Phi) is 6.84. The third-order valence-corrected chi connectivity index (χ3v) is 7.87. The van der Waals surface area contributed by atoms with Crippen LogP contribution in [0, 0.1) is 12.8 Å². The largest absolute Gasteiger partial charge is 0.380 e. The highest BCUT2D eigenvalue weighted by atomic mass is 32.2. The number of nitrogens with one attached hydrogen (secondary N) is 1. The molecule has 0 spiro atoms. The van der Waals surface area contributed by atoms with E-state index in [9.17, 15) is 13.2 Å². The van der Waals surface area contributed by atoms with E-state index < -0.39 is 9.84 Å². The van der Waals surface area contributed by atoms with Crippen molar-refractivity contribution in [3.05, 3.63) is 41.3 Å². The monoisotopic (exact) mass is 512 g/mol. The van der Waals surface area contributed by atoms with Gasteiger partial charge in [0, 0.05) is 32.3 Å². The summed E-state index contributed by atoms with van der Waals surface area (Å²) in [7, 11) is -1.96. The van der Waals surface area contributed by atoms with Crippen LogP contribution >= 0.6 is 0 Å². The van der Waals surface area contributed by atoms with E-state index in [0.717, 1.165) is 43.5 Å². The van der Waals surface area contributed by atoms with E-state index in [0.29, 0.717) is 41.4 Å². The molecule has 2 aliphatic rings. The Balaban J connectivity index is 1.62. The van der Waals surface area contributed by atoms with Gasteiger partial charge in [-0.3, -0.25) is 9.36 Å². The van der Waals surface area contributed by atoms with Crippen molar-refractivity contribution in [2.75, 3.05) is 25.3 Å². The van der Waals surface area contributed by atoms with Gasteiger partial charge >= 0.3 is 0 Å². The molecule has 36 heavy (non-hydrogen) atoms. The van der Waals surface area contributed by atoms with Crippen LogP contribution in [0.2, 0.25) is 0 Å². The summed E-state index contributed by atoms with van der Waals surface area (Å²) < 4.78 is 38.5. The quantitative estimate of drug-likeness (QED) is 0.453. The number of imidazole rings is 1. The highest BCUT2D eigenvalue weighted by Gasteiger charge is 2.30. The van der Waals surface area contributed by atoms with Crippen molar-refractivity contribution in [3.8, 4) is 0 Å². The second kappa shape index (κ2) is 9.91. The third-order valence-electron chi connectivity index (χ3n) is 6.74. The molecule has 0 radical (unpaired) electrons. The summed E-state index contributed by atoms with van der Waals surface area (Å²) in [6, 6.07) is 7.00. The molecule has 2 fully saturated rings. The number of methoxy groups -OCH3 is 1. The van der Waals surface area contributed by atoms with Gasteiger partial charge in [-0.2, -0.15) is 0 Å². The molecule has 1 N–H and O–H groups in total. The van der Waals surface area contributed by atoms with Crippen LogP contribution in [0.25, 0.3) is 11.2 Å². The maximum absolute atomic E-state index is 12.7. The maximum atomic E-state index is 12.7. The minimum Gasteiger partial charge on any atom is -0.380 e. The predicted molar refractivity (Wildman–Crippen MR) is 136 cm³/mol. The maximum Gasteiger partial charge on any atom is 0.177 e. The lowest BCUT2D eigenvalue weighted by Crippen LogP contribution is -2.19. The number of benzene rings is 1. The van der Waals surface area contributed by atoms with E-state index in [1.165, 1.54) is 6.26 Å². The van der Waals surface area contributed by atoms with E-state index in [4.69, 9.17) is 19.4 Å². The molecule has 1 unspecified atom stereocenters. The Morgan fingerprint density at radius 2 is 1.97 bits per heavy atom. The van der Waals surface area contributed by atoms with Gasteiger partial charge in [0.25, 0.3) is 0 Å². The number of hydrogen-bond acceptors (Lipinski definition) is 8. The first kappa shape index (κ1) is 24.9. The molecular weight excluding hydrogens is 480 g/mol. The van der Waals surface area contributed by atoms with Gasteiger partial charge in [-0.25, -0.2) is 18.4 Å². The van der Waals surface area contributed by atoms with Gasteiger partial charge in [-0.1, -0.05) is 6.07 Å². The number of hydrogen-bond donors (Lipinski definition) is 1. The topological polar surface area (TPSA) is 112 Å². The Hall–Kier alpha value is -2.82. The Morgan fingerprint density at radius 3 is 2.64 bits per heavy atom. The summed E-state index contributed by atoms with van der Waals surface area (Å²) in [5.41, 5.74) is 3.69. The molecule has 3 aromatic rings. The molecule has 5 rings (SSSR count). The number of Topliss-reactive ketones (excluding diaryl/α,β-unsaturated/α-hetero) is 1. The third kappa shape index (κ3) is 5.16. The zero-order valence-electron chi connectivity index (χ0n) is 20.9. The smallest absolute Gasteiger partial charge is 0.177 e. The molecule has 1 atom stereocenters. The number of sulfone groups is 1. The summed E-state index contributed by atoms with van der Waals surface area (Å²) in [6.45, 7) is 2.90. The van der Waals surface area contributed by atoms with Gasteiger partial charge in [0.15, 0.2) is 15.5 Å². The van der Waals surface area contributed by atoms with Crippen molar-refractivity contribution >= 4 is 38.2 Å². The van der Waals surface area contributed by atoms with E-state index in [2.05, 4.69) is 5.32 Å². The van der Waals surface area contributed by atoms with Gasteiger partial charge in [0.05, 0.1) is 28.6 Å². The van der Waals surface area contributed by atoms with Crippen LogP contribution in [0.15, 0.2) is 29.2 Å². The highest BCUT2D eigenvalue weighted by Crippen LogP contribution is 2.35. The van der Waals surface area contributed by atoms with Crippen LogP contribution in [0.5, 0.6) is 0 Å². The second-order valence-corrected chi connectivity index (χ2v) is 11.7. The van der Waals surface area contributed by atoms with Crippen molar-refractivity contribution < 1.29 is 22.7 Å². The molecule has 1 saturated heterocycles. The molecule has 1 aliphatic heterocycles. The van der Waals surface area contributed by atoms with Gasteiger partial charge in [-0.05, 0) is 62.8 Å². The number of aromatic nitrogens is 3. The molecule has 1 aliphatic carbocycles. The fourth-order valence-corrected chi connectivity index (χ4v) is 5.67. The summed E-state index contributed by atoms with van der Waals surface area (Å²) in [4.78, 5) is 22.5. The van der Waals surface area contributed by atoms with Crippen LogP contribution in [0.4, 0.5) is 11.4 Å². The van der Waals surface area contributed by atoms with Crippen molar-refractivity contribution in [2.45, 2.75) is 63.2 Å². The van der Waals surface area contributed by atoms with Gasteiger partial charge in [-0.15, -0.1) is 0 Å². The summed E-state index contributed by atoms with van der Waals surface area (Å²) in [6.07, 6.45) is 6.06. The fourth-order valence-electron chi connectivity index (χ4n) is 4.79. The van der Waals surface area contributed by atoms with Crippen molar-refractivity contribution in [1.29, 1.82) is 0 Å². The number of fused-ring (bicyclic) bond motifs is 1. The van der Waals surface area contributed by atoms with Crippen LogP contribution in [-0.4, -0.2) is 48.7 Å². The van der Waals surface area contributed by atoms with Crippen molar-refractivity contribution in [1.82, 2.24) is 14.5 Å². The number of anilines is 2. The molecule has 3 heterocycles. The molecule has 0 amide bonds. The van der Waals surface area contributed by atoms with E-state index in [1.807, 2.05) is 23.6 Å². The Morgan fingerprint density at radius 1 is 1.17 bits per heavy atom. The van der Waals surface area contributed by atoms with Gasteiger partial charge < -0.3 is 14.8 Å². The number of aryl methyl sites for hydroxylation is 1. The molecule has 10 heteroatoms. The minimum absolute atomic E-state index is 0.123. The number of ketones is 1. The molecule has 1 aromatic carbocycles. The summed E-state index contributed by atoms with van der Waals surface area (Å²) in [5.74, 6) is 1.07. The van der Waals surface area contributed by atoms with Crippen LogP contribution in [0.3, 0.4) is 0 Å². The number of pyridine rings is 1. The van der Waals surface area contributed by atoms with Crippen molar-refractivity contribution in [3.63, 3.8) is 0 Å². The van der Waals surface area contributed by atoms with Crippen LogP contribution in [0.1, 0.15) is 55.4 Å². The SMILES string of the molecule is COCc1ccc(Nc2cc(CC(=O)C3CC3)nc3c2nc(C)n3C2CCCCO2)c(S(C)(=O)=O)c1. The number of nitrogens with zero attached hydrogens (tertiary/aromatic N) is 3. The number of carbonyl (C=O) groups is 1. The lowest BCUT2D eigenvalue weighted by atomic mass is 10.1. The standard InChI is InChI=1S/C26H32N4O5S/c1-16-27-25-21(29-20-10-7-17(15-34-2)12-23(20)36(3,32)33)13-19(14-22(31)18-8-9-18)28-26(25)30(16)24-6-4-5-11-35-24/h7,10,12-13,18,24H,4-6,8-9,11,14-15H2,1-3H3,(H,28,29). The molecular formula is C26H32N4O5S. The zero-order chi connectivity index (χ0) is 25.4. The fraction of sp³-hybridized carbons (Fsp3) is 0.500.